The molecule has 130 valence electrons. The zero-order chi connectivity index (χ0) is 17.7. The van der Waals surface area contributed by atoms with Gasteiger partial charge in [0.15, 0.2) is 0 Å². The van der Waals surface area contributed by atoms with Gasteiger partial charge in [0, 0.05) is 38.6 Å². The second kappa shape index (κ2) is 8.31. The molecule has 25 heavy (non-hydrogen) atoms. The summed E-state index contributed by atoms with van der Waals surface area (Å²) in [4.78, 5) is 5.36. The van der Waals surface area contributed by atoms with Gasteiger partial charge in [-0.15, -0.1) is 11.8 Å². The lowest BCUT2D eigenvalue weighted by Gasteiger charge is -2.30. The van der Waals surface area contributed by atoms with Crippen LogP contribution < -0.4 is 0 Å². The summed E-state index contributed by atoms with van der Waals surface area (Å²) in [5.74, 6) is 0. The van der Waals surface area contributed by atoms with Crippen LogP contribution in [0.1, 0.15) is 18.9 Å². The molecule has 0 aliphatic carbocycles. The second-order valence-corrected chi connectivity index (χ2v) is 8.90. The van der Waals surface area contributed by atoms with Crippen molar-refractivity contribution in [1.82, 2.24) is 9.55 Å². The standard InChI is InChI=1S/C20H20Cl2N2S/c1-20(14-24-12-11-23-15-24,25-19-4-2-3-18(22)13-19)10-9-16-5-7-17(21)8-6-16/h2-8,11-13,15H,9-10,14H2,1H3. The normalized spacial score (nSPS) is 13.6. The monoisotopic (exact) mass is 390 g/mol. The molecule has 0 radical (unpaired) electrons. The van der Waals surface area contributed by atoms with E-state index in [-0.39, 0.29) is 4.75 Å². The second-order valence-electron chi connectivity index (χ2n) is 6.37. The van der Waals surface area contributed by atoms with Crippen LogP contribution in [-0.2, 0) is 13.0 Å². The molecule has 1 unspecified atom stereocenters. The molecule has 0 spiro atoms. The molecule has 1 atom stereocenters. The van der Waals surface area contributed by atoms with Crippen molar-refractivity contribution in [3.63, 3.8) is 0 Å². The Morgan fingerprint density at radius 3 is 2.56 bits per heavy atom. The van der Waals surface area contributed by atoms with Crippen LogP contribution in [0.2, 0.25) is 10.0 Å². The van der Waals surface area contributed by atoms with E-state index in [9.17, 15) is 0 Å². The highest BCUT2D eigenvalue weighted by atomic mass is 35.5. The van der Waals surface area contributed by atoms with E-state index in [0.717, 1.165) is 29.4 Å². The van der Waals surface area contributed by atoms with Gasteiger partial charge in [-0.1, -0.05) is 41.4 Å². The highest BCUT2D eigenvalue weighted by Gasteiger charge is 2.26. The molecule has 0 aliphatic heterocycles. The average Bonchev–Trinajstić information content (AvgIpc) is 3.07. The van der Waals surface area contributed by atoms with E-state index in [1.165, 1.54) is 10.5 Å². The first-order valence-electron chi connectivity index (χ1n) is 8.17. The largest absolute Gasteiger partial charge is 0.336 e. The summed E-state index contributed by atoms with van der Waals surface area (Å²) in [6.07, 6.45) is 7.74. The van der Waals surface area contributed by atoms with E-state index in [0.29, 0.717) is 0 Å². The number of benzene rings is 2. The van der Waals surface area contributed by atoms with Crippen molar-refractivity contribution in [3.8, 4) is 0 Å². The minimum absolute atomic E-state index is 0.0189. The zero-order valence-electron chi connectivity index (χ0n) is 14.0. The SMILES string of the molecule is CC(CCc1ccc(Cl)cc1)(Cn1ccnc1)Sc1cccc(Cl)c1. The van der Waals surface area contributed by atoms with Gasteiger partial charge in [0.05, 0.1) is 6.33 Å². The van der Waals surface area contributed by atoms with Crippen LogP contribution in [-0.4, -0.2) is 14.3 Å². The fraction of sp³-hybridized carbons (Fsp3) is 0.250. The number of aromatic nitrogens is 2. The average molecular weight is 391 g/mol. The Morgan fingerprint density at radius 1 is 1.08 bits per heavy atom. The minimum atomic E-state index is 0.0189. The van der Waals surface area contributed by atoms with Crippen LogP contribution in [0.15, 0.2) is 72.1 Å². The van der Waals surface area contributed by atoms with Crippen molar-refractivity contribution >= 4 is 35.0 Å². The molecule has 0 N–H and O–H groups in total. The Balaban J connectivity index is 1.76. The van der Waals surface area contributed by atoms with E-state index in [1.807, 2.05) is 60.8 Å². The first-order chi connectivity index (χ1) is 12.0. The lowest BCUT2D eigenvalue weighted by atomic mass is 10.00. The van der Waals surface area contributed by atoms with Gasteiger partial charge in [-0.2, -0.15) is 0 Å². The molecular weight excluding hydrogens is 371 g/mol. The van der Waals surface area contributed by atoms with Crippen molar-refractivity contribution in [2.75, 3.05) is 0 Å². The Morgan fingerprint density at radius 2 is 1.88 bits per heavy atom. The van der Waals surface area contributed by atoms with Crippen LogP contribution in [0.3, 0.4) is 0 Å². The number of aryl methyl sites for hydroxylation is 1. The van der Waals surface area contributed by atoms with Crippen LogP contribution >= 0.6 is 35.0 Å². The first-order valence-corrected chi connectivity index (χ1v) is 9.74. The molecule has 0 amide bonds. The third-order valence-electron chi connectivity index (χ3n) is 4.09. The van der Waals surface area contributed by atoms with Crippen LogP contribution in [0.25, 0.3) is 0 Å². The van der Waals surface area contributed by atoms with Gasteiger partial charge in [-0.3, -0.25) is 0 Å². The number of imidazole rings is 1. The van der Waals surface area contributed by atoms with Gasteiger partial charge in [0.2, 0.25) is 0 Å². The van der Waals surface area contributed by atoms with Crippen molar-refractivity contribution in [2.24, 2.45) is 0 Å². The topological polar surface area (TPSA) is 17.8 Å². The van der Waals surface area contributed by atoms with Gasteiger partial charge in [0.1, 0.15) is 0 Å². The summed E-state index contributed by atoms with van der Waals surface area (Å²) >= 11 is 14.0. The van der Waals surface area contributed by atoms with E-state index >= 15 is 0 Å². The summed E-state index contributed by atoms with van der Waals surface area (Å²) in [6, 6.07) is 16.2. The van der Waals surface area contributed by atoms with Crippen LogP contribution in [0.5, 0.6) is 0 Å². The zero-order valence-corrected chi connectivity index (χ0v) is 16.4. The van der Waals surface area contributed by atoms with E-state index in [4.69, 9.17) is 23.2 Å². The molecule has 1 heterocycles. The molecular formula is C20H20Cl2N2S. The maximum Gasteiger partial charge on any atom is 0.0946 e. The number of nitrogens with zero attached hydrogens (tertiary/aromatic N) is 2. The number of thioether (sulfide) groups is 1. The van der Waals surface area contributed by atoms with Gasteiger partial charge >= 0.3 is 0 Å². The fourth-order valence-electron chi connectivity index (χ4n) is 2.80. The Hall–Kier alpha value is -1.42. The lowest BCUT2D eigenvalue weighted by Crippen LogP contribution is -2.27. The van der Waals surface area contributed by atoms with Crippen molar-refractivity contribution in [3.05, 3.63) is 82.9 Å². The summed E-state index contributed by atoms with van der Waals surface area (Å²) in [6.45, 7) is 3.19. The molecule has 1 aromatic heterocycles. The third-order valence-corrected chi connectivity index (χ3v) is 5.90. The predicted molar refractivity (Wildman–Crippen MR) is 108 cm³/mol. The summed E-state index contributed by atoms with van der Waals surface area (Å²) < 4.78 is 2.16. The molecule has 0 saturated heterocycles. The van der Waals surface area contributed by atoms with Gasteiger partial charge in [-0.25, -0.2) is 4.98 Å². The summed E-state index contributed by atoms with van der Waals surface area (Å²) in [7, 11) is 0. The smallest absolute Gasteiger partial charge is 0.0946 e. The van der Waals surface area contributed by atoms with E-state index in [2.05, 4.69) is 34.7 Å². The van der Waals surface area contributed by atoms with Gasteiger partial charge < -0.3 is 4.57 Å². The maximum atomic E-state index is 6.16. The van der Waals surface area contributed by atoms with Crippen molar-refractivity contribution < 1.29 is 0 Å². The highest BCUT2D eigenvalue weighted by Crippen LogP contribution is 2.38. The first kappa shape index (κ1) is 18.4. The molecule has 0 saturated carbocycles. The molecule has 5 heteroatoms. The number of halogens is 2. The Kier molecular flexibility index (Phi) is 6.10. The Bertz CT molecular complexity index is 803. The number of rotatable bonds is 7. The van der Waals surface area contributed by atoms with Crippen molar-refractivity contribution in [2.45, 2.75) is 36.0 Å². The lowest BCUT2D eigenvalue weighted by molar-refractivity contribution is 0.495. The molecule has 0 aliphatic rings. The van der Waals surface area contributed by atoms with Crippen LogP contribution in [0.4, 0.5) is 0 Å². The minimum Gasteiger partial charge on any atom is -0.336 e. The third kappa shape index (κ3) is 5.53. The molecule has 2 aromatic carbocycles. The van der Waals surface area contributed by atoms with E-state index < -0.39 is 0 Å². The summed E-state index contributed by atoms with van der Waals surface area (Å²) in [5, 5.41) is 1.55. The molecule has 2 nitrogen and oxygen atoms in total. The van der Waals surface area contributed by atoms with E-state index in [1.54, 1.807) is 0 Å². The maximum absolute atomic E-state index is 6.16. The number of hydrogen-bond acceptors (Lipinski definition) is 2. The predicted octanol–water partition coefficient (Wildman–Crippen LogP) is 6.37. The molecule has 3 aromatic rings. The fourth-order valence-corrected chi connectivity index (χ4v) is 4.50. The summed E-state index contributed by atoms with van der Waals surface area (Å²) in [5.41, 5.74) is 1.30. The van der Waals surface area contributed by atoms with Gasteiger partial charge in [0.25, 0.3) is 0 Å². The molecule has 0 fully saturated rings. The highest BCUT2D eigenvalue weighted by molar-refractivity contribution is 8.00. The van der Waals surface area contributed by atoms with Crippen LogP contribution in [0, 0.1) is 0 Å². The van der Waals surface area contributed by atoms with Crippen molar-refractivity contribution in [1.29, 1.82) is 0 Å². The van der Waals surface area contributed by atoms with Gasteiger partial charge in [-0.05, 0) is 55.7 Å². The Labute approximate surface area is 163 Å². The molecule has 3 rings (SSSR count). The number of hydrogen-bond donors (Lipinski definition) is 0. The quantitative estimate of drug-likeness (QED) is 0.435. The molecule has 0 bridgehead atoms.